The minimum atomic E-state index is 0.180. The van der Waals surface area contributed by atoms with Crippen molar-refractivity contribution in [1.29, 1.82) is 0 Å². The smallest absolute Gasteiger partial charge is 0.0824 e. The third kappa shape index (κ3) is 3.33. The summed E-state index contributed by atoms with van der Waals surface area (Å²) in [6.07, 6.45) is 5.69. The van der Waals surface area contributed by atoms with Crippen LogP contribution in [-0.2, 0) is 4.74 Å². The van der Waals surface area contributed by atoms with Gasteiger partial charge in [-0.3, -0.25) is 0 Å². The lowest BCUT2D eigenvalue weighted by molar-refractivity contribution is -0.0126. The van der Waals surface area contributed by atoms with Crippen LogP contribution in [-0.4, -0.2) is 12.7 Å². The summed E-state index contributed by atoms with van der Waals surface area (Å²) in [5, 5.41) is 0. The van der Waals surface area contributed by atoms with E-state index in [1.807, 2.05) is 6.07 Å². The molecule has 96 valence electrons. The second-order valence-electron chi connectivity index (χ2n) is 5.36. The molecule has 0 N–H and O–H groups in total. The van der Waals surface area contributed by atoms with Gasteiger partial charge in [0.15, 0.2) is 0 Å². The van der Waals surface area contributed by atoms with E-state index in [4.69, 9.17) is 4.74 Å². The summed E-state index contributed by atoms with van der Waals surface area (Å²) in [5.74, 6) is 1.08. The maximum absolute atomic E-state index is 5.94. The van der Waals surface area contributed by atoms with E-state index < -0.39 is 0 Å². The first-order chi connectivity index (χ1) is 8.66. The van der Waals surface area contributed by atoms with Crippen LogP contribution in [0.15, 0.2) is 48.6 Å². The highest BCUT2D eigenvalue weighted by Crippen LogP contribution is 2.30. The summed E-state index contributed by atoms with van der Waals surface area (Å²) in [6, 6.07) is 10.4. The van der Waals surface area contributed by atoms with Gasteiger partial charge in [-0.2, -0.15) is 0 Å². The van der Waals surface area contributed by atoms with Gasteiger partial charge in [0.05, 0.1) is 6.10 Å². The van der Waals surface area contributed by atoms with Gasteiger partial charge in [0, 0.05) is 12.5 Å². The largest absolute Gasteiger partial charge is 0.373 e. The highest BCUT2D eigenvalue weighted by atomic mass is 16.5. The quantitative estimate of drug-likeness (QED) is 0.717. The Morgan fingerprint density at radius 1 is 1.33 bits per heavy atom. The highest BCUT2D eigenvalue weighted by Gasteiger charge is 2.27. The summed E-state index contributed by atoms with van der Waals surface area (Å²) >= 11 is 0. The van der Waals surface area contributed by atoms with E-state index in [0.29, 0.717) is 11.8 Å². The molecule has 1 aromatic rings. The zero-order chi connectivity index (χ0) is 13.0. The number of benzene rings is 1. The normalized spacial score (nSPS) is 28.4. The van der Waals surface area contributed by atoms with Crippen LogP contribution in [0.1, 0.15) is 25.8 Å². The van der Waals surface area contributed by atoms with Gasteiger partial charge in [-0.05, 0) is 24.8 Å². The fraction of sp³-hybridized carbons (Fsp3) is 0.412. The maximum Gasteiger partial charge on any atom is 0.0824 e. The lowest BCUT2D eigenvalue weighted by Crippen LogP contribution is -2.32. The molecular formula is C17H22O. The maximum atomic E-state index is 5.94. The van der Waals surface area contributed by atoms with Gasteiger partial charge in [-0.25, -0.2) is 0 Å². The van der Waals surface area contributed by atoms with Crippen molar-refractivity contribution in [3.63, 3.8) is 0 Å². The van der Waals surface area contributed by atoms with Crippen molar-refractivity contribution in [2.45, 2.75) is 26.4 Å². The van der Waals surface area contributed by atoms with Crippen LogP contribution in [0.4, 0.5) is 0 Å². The first-order valence-electron chi connectivity index (χ1n) is 6.67. The van der Waals surface area contributed by atoms with Crippen molar-refractivity contribution >= 4 is 6.08 Å². The average molecular weight is 242 g/mol. The topological polar surface area (TPSA) is 9.23 Å². The Morgan fingerprint density at radius 3 is 2.72 bits per heavy atom. The van der Waals surface area contributed by atoms with Crippen molar-refractivity contribution in [2.75, 3.05) is 6.61 Å². The van der Waals surface area contributed by atoms with E-state index in [2.05, 4.69) is 56.8 Å². The van der Waals surface area contributed by atoms with Gasteiger partial charge in [0.25, 0.3) is 0 Å². The Labute approximate surface area is 110 Å². The lowest BCUT2D eigenvalue weighted by Gasteiger charge is -2.33. The number of hydrogen-bond donors (Lipinski definition) is 0. The Kier molecular flexibility index (Phi) is 4.38. The molecule has 18 heavy (non-hydrogen) atoms. The summed E-state index contributed by atoms with van der Waals surface area (Å²) < 4.78 is 5.94. The fourth-order valence-electron chi connectivity index (χ4n) is 2.47. The standard InChI is InChI=1S/C17H22O/c1-13(2)16-11-14(3)12-18-17(16)10-9-15-7-5-4-6-8-15/h4-10,14,16-17H,1,11-12H2,2-3H3/b10-9+/t14-,16-,17-/m1/s1. The molecular weight excluding hydrogens is 220 g/mol. The van der Waals surface area contributed by atoms with E-state index in [-0.39, 0.29) is 6.10 Å². The SMILES string of the molecule is C=C(C)[C@H]1C[C@@H](C)CO[C@@H]1/C=C/c1ccccc1. The first kappa shape index (κ1) is 13.1. The van der Waals surface area contributed by atoms with Crippen LogP contribution in [0.25, 0.3) is 6.08 Å². The van der Waals surface area contributed by atoms with Crippen molar-refractivity contribution < 1.29 is 4.74 Å². The van der Waals surface area contributed by atoms with Gasteiger partial charge in [-0.15, -0.1) is 0 Å². The Morgan fingerprint density at radius 2 is 2.06 bits per heavy atom. The van der Waals surface area contributed by atoms with E-state index in [1.165, 1.54) is 17.6 Å². The van der Waals surface area contributed by atoms with Crippen LogP contribution in [0, 0.1) is 11.8 Å². The average Bonchev–Trinajstić information content (AvgIpc) is 2.38. The van der Waals surface area contributed by atoms with E-state index in [0.717, 1.165) is 6.61 Å². The van der Waals surface area contributed by atoms with Gasteiger partial charge in [0.2, 0.25) is 0 Å². The molecule has 2 rings (SSSR count). The molecule has 0 aromatic heterocycles. The van der Waals surface area contributed by atoms with Crippen molar-refractivity contribution in [3.8, 4) is 0 Å². The van der Waals surface area contributed by atoms with E-state index in [9.17, 15) is 0 Å². The van der Waals surface area contributed by atoms with Gasteiger partial charge in [0.1, 0.15) is 0 Å². The predicted molar refractivity (Wildman–Crippen MR) is 77.3 cm³/mol. The van der Waals surface area contributed by atoms with Crippen LogP contribution < -0.4 is 0 Å². The zero-order valence-electron chi connectivity index (χ0n) is 11.3. The molecule has 0 bridgehead atoms. The molecule has 1 aliphatic heterocycles. The van der Waals surface area contributed by atoms with Gasteiger partial charge < -0.3 is 4.74 Å². The second kappa shape index (κ2) is 6.01. The third-order valence-electron chi connectivity index (χ3n) is 3.54. The van der Waals surface area contributed by atoms with Crippen molar-refractivity contribution in [3.05, 3.63) is 54.1 Å². The fourth-order valence-corrected chi connectivity index (χ4v) is 2.47. The van der Waals surface area contributed by atoms with E-state index >= 15 is 0 Å². The number of ether oxygens (including phenoxy) is 1. The monoisotopic (exact) mass is 242 g/mol. The van der Waals surface area contributed by atoms with Crippen LogP contribution >= 0.6 is 0 Å². The molecule has 3 atom stereocenters. The minimum absolute atomic E-state index is 0.180. The third-order valence-corrected chi connectivity index (χ3v) is 3.54. The molecule has 1 aromatic carbocycles. The first-order valence-corrected chi connectivity index (χ1v) is 6.67. The van der Waals surface area contributed by atoms with Crippen LogP contribution in [0.2, 0.25) is 0 Å². The van der Waals surface area contributed by atoms with Crippen molar-refractivity contribution in [2.24, 2.45) is 11.8 Å². The van der Waals surface area contributed by atoms with Crippen LogP contribution in [0.5, 0.6) is 0 Å². The molecule has 0 unspecified atom stereocenters. The second-order valence-corrected chi connectivity index (χ2v) is 5.36. The summed E-state index contributed by atoms with van der Waals surface area (Å²) in [5.41, 5.74) is 2.45. The highest BCUT2D eigenvalue weighted by molar-refractivity contribution is 5.49. The lowest BCUT2D eigenvalue weighted by atomic mass is 9.84. The Hall–Kier alpha value is -1.34. The number of rotatable bonds is 3. The Bertz CT molecular complexity index is 418. The molecule has 0 aliphatic carbocycles. The van der Waals surface area contributed by atoms with E-state index in [1.54, 1.807) is 0 Å². The molecule has 0 radical (unpaired) electrons. The molecule has 0 amide bonds. The van der Waals surface area contributed by atoms with Gasteiger partial charge in [-0.1, -0.05) is 61.6 Å². The Balaban J connectivity index is 2.07. The molecule has 1 heterocycles. The molecule has 1 nitrogen and oxygen atoms in total. The van der Waals surface area contributed by atoms with Crippen molar-refractivity contribution in [1.82, 2.24) is 0 Å². The van der Waals surface area contributed by atoms with Gasteiger partial charge >= 0.3 is 0 Å². The molecule has 1 heteroatoms. The zero-order valence-corrected chi connectivity index (χ0v) is 11.3. The molecule has 1 saturated heterocycles. The van der Waals surface area contributed by atoms with Crippen LogP contribution in [0.3, 0.4) is 0 Å². The molecule has 1 fully saturated rings. The number of hydrogen-bond acceptors (Lipinski definition) is 1. The summed E-state index contributed by atoms with van der Waals surface area (Å²) in [4.78, 5) is 0. The molecule has 0 saturated carbocycles. The predicted octanol–water partition coefficient (Wildman–Crippen LogP) is 4.32. The summed E-state index contributed by atoms with van der Waals surface area (Å²) in [7, 11) is 0. The molecule has 1 aliphatic rings. The molecule has 0 spiro atoms. The summed E-state index contributed by atoms with van der Waals surface area (Å²) in [6.45, 7) is 9.31. The minimum Gasteiger partial charge on any atom is -0.373 e.